The third-order valence-electron chi connectivity index (χ3n) is 5.88. The summed E-state index contributed by atoms with van der Waals surface area (Å²) in [4.78, 5) is 28.2. The topological polar surface area (TPSA) is 113 Å². The molecule has 11 heteroatoms. The molecule has 1 aliphatic rings. The van der Waals surface area contributed by atoms with Gasteiger partial charge in [-0.2, -0.15) is 0 Å². The quantitative estimate of drug-likeness (QED) is 0.469. The number of anilines is 2. The van der Waals surface area contributed by atoms with Crippen LogP contribution >= 0.6 is 0 Å². The fourth-order valence-electron chi connectivity index (χ4n) is 4.07. The van der Waals surface area contributed by atoms with Crippen molar-refractivity contribution in [3.8, 4) is 22.9 Å². The molecule has 1 aromatic carbocycles. The number of methoxy groups -OCH3 is 3. The molecule has 3 heterocycles. The van der Waals surface area contributed by atoms with Gasteiger partial charge < -0.3 is 33.7 Å². The van der Waals surface area contributed by atoms with Crippen molar-refractivity contribution < 1.29 is 23.7 Å². The third kappa shape index (κ3) is 5.66. The van der Waals surface area contributed by atoms with Crippen LogP contribution in [0.1, 0.15) is 44.8 Å². The molecule has 0 unspecified atom stereocenters. The SMILES string of the molecule is C=C(C)c1nc2c(c(Nc3cn(-c4cc(OC)c(OC)c(OC)c4)cn3)n1)CCN(C(=O)OC(C)(C)C)C2. The molecule has 0 spiro atoms. The zero-order valence-corrected chi connectivity index (χ0v) is 22.9. The Kier molecular flexibility index (Phi) is 7.47. The maximum atomic E-state index is 12.7. The largest absolute Gasteiger partial charge is 0.493 e. The Hall–Kier alpha value is -4.28. The van der Waals surface area contributed by atoms with Crippen molar-refractivity contribution >= 4 is 23.3 Å². The molecular formula is C27H34N6O5. The number of aromatic nitrogens is 4. The standard InChI is InChI=1S/C27H34N6O5/c1-16(2)24-29-19-13-32(26(34)38-27(3,4)5)10-9-18(19)25(31-24)30-22-14-33(15-28-22)17-11-20(35-6)23(37-8)21(12-17)36-7/h11-12,14-15H,1,9-10,13H2,2-8H3,(H,29,30,31). The van der Waals surface area contributed by atoms with E-state index in [1.165, 1.54) is 0 Å². The molecule has 1 N–H and O–H groups in total. The summed E-state index contributed by atoms with van der Waals surface area (Å²) in [6, 6.07) is 3.67. The van der Waals surface area contributed by atoms with Crippen LogP contribution in [0.3, 0.4) is 0 Å². The van der Waals surface area contributed by atoms with Crippen molar-refractivity contribution in [1.82, 2.24) is 24.4 Å². The van der Waals surface area contributed by atoms with E-state index in [4.69, 9.17) is 23.9 Å². The Labute approximate surface area is 222 Å². The van der Waals surface area contributed by atoms with Gasteiger partial charge in [-0.15, -0.1) is 0 Å². The van der Waals surface area contributed by atoms with Gasteiger partial charge in [-0.25, -0.2) is 19.7 Å². The van der Waals surface area contributed by atoms with Gasteiger partial charge in [-0.3, -0.25) is 0 Å². The van der Waals surface area contributed by atoms with E-state index < -0.39 is 5.60 Å². The summed E-state index contributed by atoms with van der Waals surface area (Å²) in [7, 11) is 4.71. The van der Waals surface area contributed by atoms with E-state index in [-0.39, 0.29) is 6.09 Å². The molecule has 0 aliphatic carbocycles. The lowest BCUT2D eigenvalue weighted by Crippen LogP contribution is -2.40. The summed E-state index contributed by atoms with van der Waals surface area (Å²) in [6.07, 6.45) is 3.73. The minimum atomic E-state index is -0.574. The maximum Gasteiger partial charge on any atom is 0.410 e. The van der Waals surface area contributed by atoms with Gasteiger partial charge in [0, 0.05) is 24.2 Å². The fourth-order valence-corrected chi connectivity index (χ4v) is 4.07. The number of nitrogens with zero attached hydrogens (tertiary/aromatic N) is 5. The molecule has 0 fully saturated rings. The molecule has 0 radical (unpaired) electrons. The Morgan fingerprint density at radius 3 is 2.34 bits per heavy atom. The summed E-state index contributed by atoms with van der Waals surface area (Å²) in [5, 5.41) is 3.33. The van der Waals surface area contributed by atoms with Gasteiger partial charge in [0.15, 0.2) is 17.3 Å². The van der Waals surface area contributed by atoms with Crippen LogP contribution in [-0.4, -0.2) is 64.0 Å². The van der Waals surface area contributed by atoms with Crippen LogP contribution in [0.15, 0.2) is 31.2 Å². The summed E-state index contributed by atoms with van der Waals surface area (Å²) < 4.78 is 23.8. The van der Waals surface area contributed by atoms with E-state index in [0.29, 0.717) is 59.8 Å². The second-order valence-electron chi connectivity index (χ2n) is 9.93. The number of amides is 1. The molecule has 0 bridgehead atoms. The summed E-state index contributed by atoms with van der Waals surface area (Å²) in [5.74, 6) is 3.30. The zero-order chi connectivity index (χ0) is 27.6. The van der Waals surface area contributed by atoms with E-state index in [9.17, 15) is 4.79 Å². The van der Waals surface area contributed by atoms with Gasteiger partial charge in [0.2, 0.25) is 5.75 Å². The highest BCUT2D eigenvalue weighted by Gasteiger charge is 2.29. The highest BCUT2D eigenvalue weighted by molar-refractivity contribution is 5.70. The van der Waals surface area contributed by atoms with Gasteiger partial charge in [0.1, 0.15) is 23.6 Å². The number of benzene rings is 1. The van der Waals surface area contributed by atoms with Crippen molar-refractivity contribution in [2.24, 2.45) is 0 Å². The molecule has 0 saturated heterocycles. The molecule has 38 heavy (non-hydrogen) atoms. The number of rotatable bonds is 7. The average molecular weight is 523 g/mol. The molecule has 1 amide bonds. The molecule has 2 aromatic heterocycles. The molecule has 1 aliphatic heterocycles. The molecule has 4 rings (SSSR count). The van der Waals surface area contributed by atoms with Crippen LogP contribution in [-0.2, 0) is 17.7 Å². The minimum Gasteiger partial charge on any atom is -0.493 e. The van der Waals surface area contributed by atoms with Crippen LogP contribution in [0.4, 0.5) is 16.4 Å². The summed E-state index contributed by atoms with van der Waals surface area (Å²) in [5.41, 5.74) is 2.60. The van der Waals surface area contributed by atoms with E-state index in [0.717, 1.165) is 16.9 Å². The summed E-state index contributed by atoms with van der Waals surface area (Å²) >= 11 is 0. The second kappa shape index (κ2) is 10.6. The zero-order valence-electron chi connectivity index (χ0n) is 22.9. The Morgan fingerprint density at radius 1 is 1.08 bits per heavy atom. The van der Waals surface area contributed by atoms with Gasteiger partial charge in [-0.05, 0) is 39.7 Å². The van der Waals surface area contributed by atoms with Crippen LogP contribution in [0, 0.1) is 0 Å². The van der Waals surface area contributed by atoms with Crippen molar-refractivity contribution in [2.75, 3.05) is 33.2 Å². The van der Waals surface area contributed by atoms with Crippen molar-refractivity contribution in [2.45, 2.75) is 46.3 Å². The smallest absolute Gasteiger partial charge is 0.410 e. The fraction of sp³-hybridized carbons (Fsp3) is 0.407. The molecule has 0 saturated carbocycles. The number of allylic oxidation sites excluding steroid dienone is 1. The van der Waals surface area contributed by atoms with Crippen LogP contribution in [0.25, 0.3) is 11.3 Å². The van der Waals surface area contributed by atoms with Gasteiger partial charge >= 0.3 is 6.09 Å². The van der Waals surface area contributed by atoms with Crippen LogP contribution in [0.2, 0.25) is 0 Å². The van der Waals surface area contributed by atoms with E-state index in [1.54, 1.807) is 32.6 Å². The van der Waals surface area contributed by atoms with Crippen molar-refractivity contribution in [1.29, 1.82) is 0 Å². The number of ether oxygens (including phenoxy) is 4. The molecule has 202 valence electrons. The van der Waals surface area contributed by atoms with Crippen LogP contribution in [0.5, 0.6) is 17.2 Å². The number of carbonyl (C=O) groups is 1. The number of nitrogens with one attached hydrogen (secondary N) is 1. The number of fused-ring (bicyclic) bond motifs is 1. The van der Waals surface area contributed by atoms with Gasteiger partial charge in [0.05, 0.1) is 45.5 Å². The monoisotopic (exact) mass is 522 g/mol. The number of imidazole rings is 1. The first kappa shape index (κ1) is 26.8. The summed E-state index contributed by atoms with van der Waals surface area (Å²) in [6.45, 7) is 12.2. The first-order valence-corrected chi connectivity index (χ1v) is 12.2. The molecule has 11 nitrogen and oxygen atoms in total. The van der Waals surface area contributed by atoms with Gasteiger partial charge in [0.25, 0.3) is 0 Å². The predicted molar refractivity (Wildman–Crippen MR) is 144 cm³/mol. The lowest BCUT2D eigenvalue weighted by molar-refractivity contribution is 0.0220. The molecular weight excluding hydrogens is 488 g/mol. The third-order valence-corrected chi connectivity index (χ3v) is 5.88. The number of hydrogen-bond acceptors (Lipinski definition) is 9. The maximum absolute atomic E-state index is 12.7. The Bertz CT molecular complexity index is 1340. The highest BCUT2D eigenvalue weighted by Crippen LogP contribution is 2.39. The van der Waals surface area contributed by atoms with E-state index in [2.05, 4.69) is 21.9 Å². The van der Waals surface area contributed by atoms with Crippen LogP contribution < -0.4 is 19.5 Å². The predicted octanol–water partition coefficient (Wildman–Crippen LogP) is 4.76. The molecule has 0 atom stereocenters. The molecule has 3 aromatic rings. The normalized spacial score (nSPS) is 13.0. The Balaban J connectivity index is 1.63. The van der Waals surface area contributed by atoms with E-state index >= 15 is 0 Å². The van der Waals surface area contributed by atoms with E-state index in [1.807, 2.05) is 50.6 Å². The highest BCUT2D eigenvalue weighted by atomic mass is 16.6. The second-order valence-corrected chi connectivity index (χ2v) is 9.93. The first-order valence-electron chi connectivity index (χ1n) is 12.2. The number of hydrogen-bond donors (Lipinski definition) is 1. The minimum absolute atomic E-state index is 0.321. The van der Waals surface area contributed by atoms with Gasteiger partial charge in [-0.1, -0.05) is 6.58 Å². The lowest BCUT2D eigenvalue weighted by Gasteiger charge is -2.31. The van der Waals surface area contributed by atoms with Crippen molar-refractivity contribution in [3.05, 3.63) is 48.3 Å². The first-order chi connectivity index (χ1) is 18.0. The average Bonchev–Trinajstić information content (AvgIpc) is 3.34. The van der Waals surface area contributed by atoms with Crippen molar-refractivity contribution in [3.63, 3.8) is 0 Å². The number of carbonyl (C=O) groups excluding carboxylic acids is 1. The lowest BCUT2D eigenvalue weighted by atomic mass is 10.1. The Morgan fingerprint density at radius 2 is 1.76 bits per heavy atom.